The molecule has 2 aromatic carbocycles. The largest absolute Gasteiger partial charge is 0.477 e. The van der Waals surface area contributed by atoms with Crippen molar-refractivity contribution < 1.29 is 29.0 Å². The zero-order chi connectivity index (χ0) is 25.4. The minimum absolute atomic E-state index is 0.0866. The minimum Gasteiger partial charge on any atom is -0.477 e. The summed E-state index contributed by atoms with van der Waals surface area (Å²) in [4.78, 5) is 57.6. The predicted octanol–water partition coefficient (Wildman–Crippen LogP) is 2.14. The Kier molecular flexibility index (Phi) is 8.84. The number of hydrogen-bond acceptors (Lipinski definition) is 8. The van der Waals surface area contributed by atoms with Crippen LogP contribution in [-0.2, 0) is 9.59 Å². The summed E-state index contributed by atoms with van der Waals surface area (Å²) in [5.74, 6) is -2.90. The molecule has 0 heterocycles. The molecule has 0 radical (unpaired) electrons. The van der Waals surface area contributed by atoms with Gasteiger partial charge in [0, 0.05) is 17.7 Å². The lowest BCUT2D eigenvalue weighted by atomic mass is 10.0. The fourth-order valence-corrected chi connectivity index (χ4v) is 2.86. The lowest BCUT2D eigenvalue weighted by Crippen LogP contribution is -2.55. The summed E-state index contributed by atoms with van der Waals surface area (Å²) >= 11 is 5.74. The fourth-order valence-electron chi connectivity index (χ4n) is 2.67. The van der Waals surface area contributed by atoms with E-state index in [1.807, 2.05) is 0 Å². The number of halogens is 1. The Balaban J connectivity index is 1.97. The third-order valence-electron chi connectivity index (χ3n) is 4.39. The molecule has 0 aliphatic carbocycles. The summed E-state index contributed by atoms with van der Waals surface area (Å²) in [5.41, 5.74) is 3.34. The molecule has 34 heavy (non-hydrogen) atoms. The summed E-state index contributed by atoms with van der Waals surface area (Å²) in [5, 5.41) is 24.3. The molecule has 3 N–H and O–H groups in total. The Morgan fingerprint density at radius 1 is 1.00 bits per heavy atom. The van der Waals surface area contributed by atoms with Gasteiger partial charge in [0.2, 0.25) is 0 Å². The molecule has 180 valence electrons. The molecule has 0 aliphatic heterocycles. The van der Waals surface area contributed by atoms with Crippen LogP contribution in [0.2, 0.25) is 5.02 Å². The Hall–Kier alpha value is -4.26. The monoisotopic (exact) mass is 493 g/mol. The SMILES string of the molecule is CC(C)C(NC(=O)c1ccc(Cl)c([N+](=O)[O-])c1)C(=O)NNC(=O)COc1ccccc1[N+](=O)[O-]. The number of amides is 3. The third-order valence-corrected chi connectivity index (χ3v) is 4.71. The van der Waals surface area contributed by atoms with E-state index >= 15 is 0 Å². The lowest BCUT2D eigenvalue weighted by molar-refractivity contribution is -0.385. The first kappa shape index (κ1) is 26.0. The maximum Gasteiger partial charge on any atom is 0.310 e. The number of ether oxygens (including phenoxy) is 1. The van der Waals surface area contributed by atoms with Crippen molar-refractivity contribution in [2.45, 2.75) is 19.9 Å². The minimum atomic E-state index is -1.11. The zero-order valence-corrected chi connectivity index (χ0v) is 18.7. The summed E-state index contributed by atoms with van der Waals surface area (Å²) in [7, 11) is 0. The summed E-state index contributed by atoms with van der Waals surface area (Å²) in [6.45, 7) is 2.64. The highest BCUT2D eigenvalue weighted by Gasteiger charge is 2.26. The van der Waals surface area contributed by atoms with Crippen molar-refractivity contribution in [3.8, 4) is 5.75 Å². The number of benzene rings is 2. The van der Waals surface area contributed by atoms with E-state index in [4.69, 9.17) is 16.3 Å². The molecule has 0 aliphatic rings. The van der Waals surface area contributed by atoms with Gasteiger partial charge in [0.15, 0.2) is 12.4 Å². The van der Waals surface area contributed by atoms with Gasteiger partial charge in [-0.2, -0.15) is 0 Å². The van der Waals surface area contributed by atoms with Crippen LogP contribution in [0.15, 0.2) is 42.5 Å². The highest BCUT2D eigenvalue weighted by atomic mass is 35.5. The van der Waals surface area contributed by atoms with Crippen LogP contribution >= 0.6 is 11.6 Å². The van der Waals surface area contributed by atoms with Gasteiger partial charge in [-0.25, -0.2) is 0 Å². The van der Waals surface area contributed by atoms with Crippen LogP contribution in [0.4, 0.5) is 11.4 Å². The summed E-state index contributed by atoms with van der Waals surface area (Å²) < 4.78 is 5.12. The van der Waals surface area contributed by atoms with E-state index in [0.29, 0.717) is 0 Å². The van der Waals surface area contributed by atoms with E-state index in [1.165, 1.54) is 36.4 Å². The Morgan fingerprint density at radius 2 is 1.65 bits per heavy atom. The Morgan fingerprint density at radius 3 is 2.26 bits per heavy atom. The lowest BCUT2D eigenvalue weighted by Gasteiger charge is -2.22. The maximum atomic E-state index is 12.5. The molecule has 2 aromatic rings. The van der Waals surface area contributed by atoms with Crippen LogP contribution in [-0.4, -0.2) is 40.2 Å². The van der Waals surface area contributed by atoms with Crippen molar-refractivity contribution in [3.05, 3.63) is 73.3 Å². The van der Waals surface area contributed by atoms with Gasteiger partial charge in [-0.15, -0.1) is 0 Å². The number of nitrogens with one attached hydrogen (secondary N) is 3. The van der Waals surface area contributed by atoms with Gasteiger partial charge in [0.05, 0.1) is 9.85 Å². The van der Waals surface area contributed by atoms with Gasteiger partial charge in [0.25, 0.3) is 23.4 Å². The zero-order valence-electron chi connectivity index (χ0n) is 17.9. The molecule has 0 saturated heterocycles. The van der Waals surface area contributed by atoms with Gasteiger partial charge in [-0.05, 0) is 24.1 Å². The topological polar surface area (TPSA) is 183 Å². The third kappa shape index (κ3) is 6.87. The number of carbonyl (C=O) groups is 3. The molecule has 3 amide bonds. The van der Waals surface area contributed by atoms with E-state index < -0.39 is 51.8 Å². The van der Waals surface area contributed by atoms with Crippen LogP contribution in [0.5, 0.6) is 5.75 Å². The Labute approximate surface area is 197 Å². The molecule has 1 unspecified atom stereocenters. The number of hydrogen-bond donors (Lipinski definition) is 3. The Bertz CT molecular complexity index is 1120. The van der Waals surface area contributed by atoms with E-state index in [1.54, 1.807) is 13.8 Å². The van der Waals surface area contributed by atoms with E-state index in [2.05, 4.69) is 16.2 Å². The van der Waals surface area contributed by atoms with E-state index in [9.17, 15) is 34.6 Å². The molecule has 0 aromatic heterocycles. The molecule has 2 rings (SSSR count). The standard InChI is InChI=1S/C20H20ClN5O8/c1-11(2)18(22-19(28)12-7-8-13(21)15(9-12)26(32)33)20(29)24-23-17(27)10-34-16-6-4-3-5-14(16)25(30)31/h3-9,11,18H,10H2,1-2H3,(H,22,28)(H,23,27)(H,24,29). The van der Waals surface area contributed by atoms with Crippen molar-refractivity contribution in [1.82, 2.24) is 16.2 Å². The van der Waals surface area contributed by atoms with Crippen molar-refractivity contribution in [2.75, 3.05) is 6.61 Å². The molecule has 1 atom stereocenters. The normalized spacial score (nSPS) is 11.3. The number of carbonyl (C=O) groups excluding carboxylic acids is 3. The van der Waals surface area contributed by atoms with E-state index in [0.717, 1.165) is 6.07 Å². The van der Waals surface area contributed by atoms with Gasteiger partial charge >= 0.3 is 5.69 Å². The quantitative estimate of drug-likeness (QED) is 0.350. The first-order valence-electron chi connectivity index (χ1n) is 9.71. The molecule has 0 fully saturated rings. The molecular formula is C20H20ClN5O8. The maximum absolute atomic E-state index is 12.5. The van der Waals surface area contributed by atoms with Crippen LogP contribution in [0, 0.1) is 26.1 Å². The number of para-hydroxylation sites is 2. The number of nitrogens with zero attached hydrogens (tertiary/aromatic N) is 2. The van der Waals surface area contributed by atoms with Gasteiger partial charge in [-0.3, -0.25) is 45.5 Å². The van der Waals surface area contributed by atoms with Crippen LogP contribution < -0.4 is 20.9 Å². The average molecular weight is 494 g/mol. The fraction of sp³-hybridized carbons (Fsp3) is 0.250. The predicted molar refractivity (Wildman–Crippen MR) is 119 cm³/mol. The van der Waals surface area contributed by atoms with Crippen molar-refractivity contribution in [1.29, 1.82) is 0 Å². The first-order valence-corrected chi connectivity index (χ1v) is 10.1. The molecule has 14 heteroatoms. The summed E-state index contributed by atoms with van der Waals surface area (Å²) in [6.07, 6.45) is 0. The van der Waals surface area contributed by atoms with Crippen LogP contribution in [0.1, 0.15) is 24.2 Å². The van der Waals surface area contributed by atoms with Gasteiger partial charge in [0.1, 0.15) is 11.1 Å². The van der Waals surface area contributed by atoms with Gasteiger partial charge in [-0.1, -0.05) is 37.6 Å². The highest BCUT2D eigenvalue weighted by molar-refractivity contribution is 6.32. The summed E-state index contributed by atoms with van der Waals surface area (Å²) in [6, 6.07) is 7.78. The smallest absolute Gasteiger partial charge is 0.310 e. The van der Waals surface area contributed by atoms with E-state index in [-0.39, 0.29) is 22.0 Å². The van der Waals surface area contributed by atoms with Crippen molar-refractivity contribution in [3.63, 3.8) is 0 Å². The van der Waals surface area contributed by atoms with Crippen molar-refractivity contribution >= 4 is 40.7 Å². The highest BCUT2D eigenvalue weighted by Crippen LogP contribution is 2.26. The van der Waals surface area contributed by atoms with Crippen molar-refractivity contribution in [2.24, 2.45) is 5.92 Å². The van der Waals surface area contributed by atoms with Crippen LogP contribution in [0.3, 0.4) is 0 Å². The first-order chi connectivity index (χ1) is 16.0. The van der Waals surface area contributed by atoms with Gasteiger partial charge < -0.3 is 10.1 Å². The second-order valence-electron chi connectivity index (χ2n) is 7.17. The van der Waals surface area contributed by atoms with Crippen LogP contribution in [0.25, 0.3) is 0 Å². The molecule has 0 spiro atoms. The second kappa shape index (κ2) is 11.6. The molecule has 0 bridgehead atoms. The second-order valence-corrected chi connectivity index (χ2v) is 7.58. The molecular weight excluding hydrogens is 474 g/mol. The number of nitro benzene ring substituents is 2. The number of rotatable bonds is 9. The number of hydrazine groups is 1. The molecule has 13 nitrogen and oxygen atoms in total. The number of nitro groups is 2. The average Bonchev–Trinajstić information content (AvgIpc) is 2.79. The molecule has 0 saturated carbocycles.